The van der Waals surface area contributed by atoms with E-state index in [2.05, 4.69) is 19.2 Å². The van der Waals surface area contributed by atoms with Gasteiger partial charge in [-0.25, -0.2) is 0 Å². The SMILES string of the molecule is CCCN1C(=O)C(CC(C)C)NC(=O)C1CC. The molecule has 4 heteroatoms. The van der Waals surface area contributed by atoms with Crippen LogP contribution in [-0.2, 0) is 9.59 Å². The zero-order valence-corrected chi connectivity index (χ0v) is 11.3. The Morgan fingerprint density at radius 1 is 1.29 bits per heavy atom. The first-order valence-electron chi connectivity index (χ1n) is 6.62. The first kappa shape index (κ1) is 14.0. The van der Waals surface area contributed by atoms with Gasteiger partial charge in [0.15, 0.2) is 0 Å². The van der Waals surface area contributed by atoms with Crippen molar-refractivity contribution >= 4 is 11.8 Å². The Hall–Kier alpha value is -1.06. The molecule has 0 aromatic heterocycles. The van der Waals surface area contributed by atoms with Crippen molar-refractivity contribution in [2.45, 2.75) is 59.0 Å². The maximum atomic E-state index is 12.3. The van der Waals surface area contributed by atoms with Gasteiger partial charge in [-0.05, 0) is 25.2 Å². The van der Waals surface area contributed by atoms with Gasteiger partial charge in [-0.2, -0.15) is 0 Å². The van der Waals surface area contributed by atoms with Crippen molar-refractivity contribution in [3.05, 3.63) is 0 Å². The van der Waals surface area contributed by atoms with Crippen LogP contribution in [0, 0.1) is 5.92 Å². The Kier molecular flexibility index (Phi) is 4.97. The summed E-state index contributed by atoms with van der Waals surface area (Å²) in [5.74, 6) is 0.504. The summed E-state index contributed by atoms with van der Waals surface area (Å²) < 4.78 is 0. The molecule has 17 heavy (non-hydrogen) atoms. The fourth-order valence-corrected chi connectivity index (χ4v) is 2.37. The minimum absolute atomic E-state index is 0.00574. The molecule has 4 nitrogen and oxygen atoms in total. The molecule has 1 aliphatic rings. The average molecular weight is 240 g/mol. The summed E-state index contributed by atoms with van der Waals surface area (Å²) in [6.07, 6.45) is 2.30. The number of nitrogens with one attached hydrogen (secondary N) is 1. The minimum Gasteiger partial charge on any atom is -0.342 e. The van der Waals surface area contributed by atoms with Crippen LogP contribution in [0.1, 0.15) is 47.0 Å². The first-order valence-corrected chi connectivity index (χ1v) is 6.62. The highest BCUT2D eigenvalue weighted by atomic mass is 16.2. The number of nitrogens with zero attached hydrogens (tertiary/aromatic N) is 1. The Labute approximate surface area is 104 Å². The van der Waals surface area contributed by atoms with E-state index in [1.54, 1.807) is 4.90 Å². The highest BCUT2D eigenvalue weighted by Crippen LogP contribution is 2.17. The van der Waals surface area contributed by atoms with Crippen LogP contribution in [0.15, 0.2) is 0 Å². The Morgan fingerprint density at radius 2 is 1.94 bits per heavy atom. The van der Waals surface area contributed by atoms with Gasteiger partial charge in [-0.15, -0.1) is 0 Å². The van der Waals surface area contributed by atoms with Gasteiger partial charge in [0.2, 0.25) is 11.8 Å². The lowest BCUT2D eigenvalue weighted by Crippen LogP contribution is -2.63. The average Bonchev–Trinajstić information content (AvgIpc) is 2.25. The van der Waals surface area contributed by atoms with E-state index in [4.69, 9.17) is 0 Å². The van der Waals surface area contributed by atoms with E-state index in [9.17, 15) is 9.59 Å². The van der Waals surface area contributed by atoms with Gasteiger partial charge in [0.05, 0.1) is 0 Å². The van der Waals surface area contributed by atoms with Crippen LogP contribution in [0.3, 0.4) is 0 Å². The quantitative estimate of drug-likeness (QED) is 0.792. The molecule has 2 unspecified atom stereocenters. The number of carbonyl (C=O) groups excluding carboxylic acids is 2. The molecule has 0 aliphatic carbocycles. The predicted octanol–water partition coefficient (Wildman–Crippen LogP) is 1.55. The third kappa shape index (κ3) is 3.20. The van der Waals surface area contributed by atoms with Crippen LogP contribution in [0.5, 0.6) is 0 Å². The van der Waals surface area contributed by atoms with Crippen molar-refractivity contribution in [2.24, 2.45) is 5.92 Å². The van der Waals surface area contributed by atoms with E-state index in [0.29, 0.717) is 18.9 Å². The number of rotatable bonds is 5. The monoisotopic (exact) mass is 240 g/mol. The molecule has 0 aromatic carbocycles. The molecule has 1 rings (SSSR count). The van der Waals surface area contributed by atoms with Crippen LogP contribution in [-0.4, -0.2) is 35.3 Å². The minimum atomic E-state index is -0.322. The largest absolute Gasteiger partial charge is 0.342 e. The molecule has 0 spiro atoms. The number of piperazine rings is 1. The number of amides is 2. The normalized spacial score (nSPS) is 25.4. The van der Waals surface area contributed by atoms with Gasteiger partial charge in [-0.3, -0.25) is 9.59 Å². The zero-order chi connectivity index (χ0) is 13.0. The van der Waals surface area contributed by atoms with Crippen LogP contribution in [0.4, 0.5) is 0 Å². The first-order chi connectivity index (χ1) is 8.01. The van der Waals surface area contributed by atoms with Crippen molar-refractivity contribution in [1.29, 1.82) is 0 Å². The number of carbonyl (C=O) groups is 2. The highest BCUT2D eigenvalue weighted by molar-refractivity contribution is 5.96. The zero-order valence-electron chi connectivity index (χ0n) is 11.3. The molecule has 1 fully saturated rings. The molecular formula is C13H24N2O2. The van der Waals surface area contributed by atoms with E-state index in [1.807, 2.05) is 13.8 Å². The molecular weight excluding hydrogens is 216 g/mol. The summed E-state index contributed by atoms with van der Waals surface area (Å²) in [4.78, 5) is 26.0. The molecule has 1 heterocycles. The number of hydrogen-bond donors (Lipinski definition) is 1. The summed E-state index contributed by atoms with van der Waals surface area (Å²) >= 11 is 0. The lowest BCUT2D eigenvalue weighted by molar-refractivity contribution is -0.149. The van der Waals surface area contributed by atoms with Crippen LogP contribution >= 0.6 is 0 Å². The molecule has 2 atom stereocenters. The summed E-state index contributed by atoms with van der Waals surface area (Å²) in [7, 11) is 0. The summed E-state index contributed by atoms with van der Waals surface area (Å²) in [6, 6.07) is -0.595. The molecule has 0 bridgehead atoms. The highest BCUT2D eigenvalue weighted by Gasteiger charge is 2.38. The van der Waals surface area contributed by atoms with Crippen LogP contribution < -0.4 is 5.32 Å². The van der Waals surface area contributed by atoms with Crippen molar-refractivity contribution in [2.75, 3.05) is 6.54 Å². The topological polar surface area (TPSA) is 49.4 Å². The molecule has 2 amide bonds. The van der Waals surface area contributed by atoms with Gasteiger partial charge in [0.1, 0.15) is 12.1 Å². The van der Waals surface area contributed by atoms with E-state index >= 15 is 0 Å². The second-order valence-corrected chi connectivity index (χ2v) is 5.15. The van der Waals surface area contributed by atoms with Gasteiger partial charge >= 0.3 is 0 Å². The van der Waals surface area contributed by atoms with Crippen molar-refractivity contribution in [1.82, 2.24) is 10.2 Å². The number of hydrogen-bond acceptors (Lipinski definition) is 2. The Balaban J connectivity index is 2.81. The molecule has 1 N–H and O–H groups in total. The fourth-order valence-electron chi connectivity index (χ4n) is 2.37. The Bertz CT molecular complexity index is 289. The molecule has 98 valence electrons. The van der Waals surface area contributed by atoms with Gasteiger partial charge < -0.3 is 10.2 Å². The summed E-state index contributed by atoms with van der Waals surface area (Å²) in [6.45, 7) is 8.79. The van der Waals surface area contributed by atoms with Gasteiger partial charge in [0, 0.05) is 6.54 Å². The lowest BCUT2D eigenvalue weighted by atomic mass is 9.97. The second-order valence-electron chi connectivity index (χ2n) is 5.15. The summed E-state index contributed by atoms with van der Waals surface area (Å²) in [5, 5.41) is 2.86. The maximum Gasteiger partial charge on any atom is 0.245 e. The molecule has 0 aromatic rings. The maximum absolute atomic E-state index is 12.3. The van der Waals surface area contributed by atoms with E-state index in [-0.39, 0.29) is 23.9 Å². The third-order valence-corrected chi connectivity index (χ3v) is 3.13. The second kappa shape index (κ2) is 6.03. The molecule has 1 saturated heterocycles. The predicted molar refractivity (Wildman–Crippen MR) is 67.5 cm³/mol. The fraction of sp³-hybridized carbons (Fsp3) is 0.846. The van der Waals surface area contributed by atoms with Crippen molar-refractivity contribution < 1.29 is 9.59 Å². The molecule has 1 aliphatic heterocycles. The van der Waals surface area contributed by atoms with E-state index < -0.39 is 0 Å². The van der Waals surface area contributed by atoms with E-state index in [1.165, 1.54) is 0 Å². The third-order valence-electron chi connectivity index (χ3n) is 3.13. The van der Waals surface area contributed by atoms with Crippen LogP contribution in [0.2, 0.25) is 0 Å². The smallest absolute Gasteiger partial charge is 0.245 e. The Morgan fingerprint density at radius 3 is 2.41 bits per heavy atom. The van der Waals surface area contributed by atoms with E-state index in [0.717, 1.165) is 12.8 Å². The standard InChI is InChI=1S/C13H24N2O2/c1-5-7-15-11(6-2)12(16)14-10(13(15)17)8-9(3)4/h9-11H,5-8H2,1-4H3,(H,14,16). The van der Waals surface area contributed by atoms with Gasteiger partial charge in [0.25, 0.3) is 0 Å². The summed E-state index contributed by atoms with van der Waals surface area (Å²) in [5.41, 5.74) is 0. The lowest BCUT2D eigenvalue weighted by Gasteiger charge is -2.39. The van der Waals surface area contributed by atoms with Crippen molar-refractivity contribution in [3.63, 3.8) is 0 Å². The van der Waals surface area contributed by atoms with Gasteiger partial charge in [-0.1, -0.05) is 27.7 Å². The molecule has 0 saturated carbocycles. The molecule has 0 radical (unpaired) electrons. The van der Waals surface area contributed by atoms with Crippen LogP contribution in [0.25, 0.3) is 0 Å². The van der Waals surface area contributed by atoms with Crippen molar-refractivity contribution in [3.8, 4) is 0 Å².